The molecule has 3 N–H and O–H groups in total. The van der Waals surface area contributed by atoms with Gasteiger partial charge in [0.15, 0.2) is 0 Å². The van der Waals surface area contributed by atoms with Crippen molar-refractivity contribution in [3.63, 3.8) is 0 Å². The Morgan fingerprint density at radius 3 is 1.57 bits per heavy atom. The highest BCUT2D eigenvalue weighted by Crippen LogP contribution is 2.02. The lowest BCUT2D eigenvalue weighted by Gasteiger charge is -2.19. The fourth-order valence-electron chi connectivity index (χ4n) is 2.37. The number of nitrogens with one attached hydrogen (secondary N) is 2. The van der Waals surface area contributed by atoms with E-state index in [4.69, 9.17) is 19.4 Å². The average molecular weight is 490 g/mol. The molecule has 0 spiro atoms. The molecule has 0 radical (unpaired) electrons. The zero-order valence-corrected chi connectivity index (χ0v) is 20.1. The number of ether oxygens (including phenoxy) is 2. The van der Waals surface area contributed by atoms with Crippen molar-refractivity contribution in [1.29, 1.82) is 0 Å². The molecule has 11 heteroatoms. The lowest BCUT2D eigenvalue weighted by molar-refractivity contribution is -0.170. The van der Waals surface area contributed by atoms with E-state index in [1.165, 1.54) is 21.1 Å². The van der Waals surface area contributed by atoms with Gasteiger partial charge in [-0.2, -0.15) is 0 Å². The Bertz CT molecular complexity index is 940. The Hall–Kier alpha value is -4.12. The van der Waals surface area contributed by atoms with Crippen LogP contribution >= 0.6 is 0 Å². The molecule has 0 aliphatic carbocycles. The predicted octanol–water partition coefficient (Wildman–Crippen LogP) is 2.71. The molecule has 0 fully saturated rings. The molecule has 0 aliphatic heterocycles. The number of likely N-dealkylation sites (N-methyl/N-ethyl adjacent to an activating group) is 1. The molecule has 0 aliphatic rings. The minimum absolute atomic E-state index is 0.124. The van der Waals surface area contributed by atoms with Gasteiger partial charge in [-0.1, -0.05) is 60.7 Å². The number of hydrogen-bond acceptors (Lipinski definition) is 7. The summed E-state index contributed by atoms with van der Waals surface area (Å²) in [5.74, 6) is -1.46. The number of nitrogens with zero attached hydrogens (tertiary/aromatic N) is 1. The normalized spacial score (nSPS) is 11.5. The Balaban J connectivity index is 0.000000355. The third kappa shape index (κ3) is 12.1. The molecule has 2 atom stereocenters. The number of alkyl carbamates (subject to hydrolysis) is 2. The van der Waals surface area contributed by atoms with Crippen LogP contribution in [0.25, 0.3) is 0 Å². The fourth-order valence-corrected chi connectivity index (χ4v) is 2.37. The summed E-state index contributed by atoms with van der Waals surface area (Å²) < 4.78 is 9.84. The average Bonchev–Trinajstić information content (AvgIpc) is 2.86. The number of carboxylic acid groups (broad SMARTS) is 1. The number of carbonyl (C=O) groups is 4. The molecule has 0 aromatic heterocycles. The second kappa shape index (κ2) is 15.7. The lowest BCUT2D eigenvalue weighted by atomic mass is 10.2. The van der Waals surface area contributed by atoms with Gasteiger partial charge in [-0.05, 0) is 25.0 Å². The molecule has 11 nitrogen and oxygen atoms in total. The summed E-state index contributed by atoms with van der Waals surface area (Å²) in [7, 11) is 2.84. The number of benzene rings is 2. The Morgan fingerprint density at radius 1 is 0.800 bits per heavy atom. The first-order valence-electron chi connectivity index (χ1n) is 10.6. The highest BCUT2D eigenvalue weighted by atomic mass is 16.7. The van der Waals surface area contributed by atoms with Crippen molar-refractivity contribution in [3.05, 3.63) is 71.8 Å². The van der Waals surface area contributed by atoms with Crippen LogP contribution in [-0.2, 0) is 37.1 Å². The first-order valence-corrected chi connectivity index (χ1v) is 10.6. The van der Waals surface area contributed by atoms with Gasteiger partial charge in [0.05, 0.1) is 7.11 Å². The minimum atomic E-state index is -1.10. The SMILES string of the molecule is CON(C)C(=O)[C@H](C)NC(=O)OCc1ccccc1.C[C@H](NC(=O)OCc1ccccc1)C(=O)O. The number of rotatable bonds is 9. The first-order chi connectivity index (χ1) is 16.6. The van der Waals surface area contributed by atoms with Crippen LogP contribution in [0.15, 0.2) is 60.7 Å². The van der Waals surface area contributed by atoms with E-state index in [0.29, 0.717) is 0 Å². The van der Waals surface area contributed by atoms with Gasteiger partial charge < -0.3 is 25.2 Å². The second-order valence-corrected chi connectivity index (χ2v) is 7.21. The van der Waals surface area contributed by atoms with Crippen LogP contribution in [0.4, 0.5) is 9.59 Å². The number of hydroxylamine groups is 2. The van der Waals surface area contributed by atoms with E-state index >= 15 is 0 Å². The van der Waals surface area contributed by atoms with Crippen molar-refractivity contribution >= 4 is 24.1 Å². The standard InChI is InChI=1S/C13H18N2O4.C11H13NO4/c1-10(12(16)15(2)18-3)14-13(17)19-9-11-7-5-4-6-8-11;1-8(10(13)14)12-11(15)16-7-9-5-3-2-4-6-9/h4-8,10H,9H2,1-3H3,(H,14,17);2-6,8H,7H2,1H3,(H,12,15)(H,13,14)/t10-;8-/m00/s1. The number of aliphatic carboxylic acids is 1. The molecule has 0 saturated carbocycles. The number of amides is 3. The van der Waals surface area contributed by atoms with E-state index in [1.54, 1.807) is 6.92 Å². The van der Waals surface area contributed by atoms with Gasteiger partial charge in [-0.25, -0.2) is 14.7 Å². The van der Waals surface area contributed by atoms with Gasteiger partial charge in [0.2, 0.25) is 0 Å². The Labute approximate surface area is 203 Å². The topological polar surface area (TPSA) is 144 Å². The van der Waals surface area contributed by atoms with Crippen LogP contribution in [-0.4, -0.2) is 60.5 Å². The maximum Gasteiger partial charge on any atom is 0.408 e. The van der Waals surface area contributed by atoms with Crippen molar-refractivity contribution in [1.82, 2.24) is 15.7 Å². The van der Waals surface area contributed by atoms with E-state index in [-0.39, 0.29) is 19.1 Å². The molecule has 0 unspecified atom stereocenters. The molecule has 0 heterocycles. The summed E-state index contributed by atoms with van der Waals surface area (Å²) in [6.07, 6.45) is -1.38. The van der Waals surface area contributed by atoms with Crippen molar-refractivity contribution < 1.29 is 38.6 Å². The van der Waals surface area contributed by atoms with Gasteiger partial charge in [0.1, 0.15) is 25.3 Å². The van der Waals surface area contributed by atoms with Crippen molar-refractivity contribution in [3.8, 4) is 0 Å². The lowest BCUT2D eigenvalue weighted by Crippen LogP contribution is -2.45. The highest BCUT2D eigenvalue weighted by molar-refractivity contribution is 5.84. The quantitative estimate of drug-likeness (QED) is 0.456. The van der Waals surface area contributed by atoms with E-state index < -0.39 is 30.2 Å². The summed E-state index contributed by atoms with van der Waals surface area (Å²) in [5, 5.41) is 14.2. The minimum Gasteiger partial charge on any atom is -0.480 e. The molecule has 0 bridgehead atoms. The summed E-state index contributed by atoms with van der Waals surface area (Å²) in [6.45, 7) is 3.21. The first kappa shape index (κ1) is 28.9. The van der Waals surface area contributed by atoms with Crippen molar-refractivity contribution in [2.75, 3.05) is 14.2 Å². The van der Waals surface area contributed by atoms with E-state index in [0.717, 1.165) is 16.2 Å². The van der Waals surface area contributed by atoms with E-state index in [1.807, 2.05) is 60.7 Å². The molecular formula is C24H31N3O8. The van der Waals surface area contributed by atoms with Crippen LogP contribution < -0.4 is 10.6 Å². The van der Waals surface area contributed by atoms with Crippen LogP contribution in [0.3, 0.4) is 0 Å². The van der Waals surface area contributed by atoms with Gasteiger partial charge >= 0.3 is 18.2 Å². The highest BCUT2D eigenvalue weighted by Gasteiger charge is 2.20. The number of carbonyl (C=O) groups excluding carboxylic acids is 3. The van der Waals surface area contributed by atoms with Crippen LogP contribution in [0.2, 0.25) is 0 Å². The fraction of sp³-hybridized carbons (Fsp3) is 0.333. The molecule has 2 aromatic rings. The number of carboxylic acids is 1. The van der Waals surface area contributed by atoms with E-state index in [9.17, 15) is 19.2 Å². The molecule has 0 saturated heterocycles. The van der Waals surface area contributed by atoms with Crippen LogP contribution in [0, 0.1) is 0 Å². The van der Waals surface area contributed by atoms with Gasteiger partial charge in [-0.3, -0.25) is 14.4 Å². The molecule has 190 valence electrons. The van der Waals surface area contributed by atoms with Gasteiger partial charge in [0.25, 0.3) is 5.91 Å². The maximum absolute atomic E-state index is 11.6. The Kier molecular flexibility index (Phi) is 12.9. The summed E-state index contributed by atoms with van der Waals surface area (Å²) in [4.78, 5) is 49.4. The largest absolute Gasteiger partial charge is 0.480 e. The van der Waals surface area contributed by atoms with Crippen molar-refractivity contribution in [2.45, 2.75) is 39.1 Å². The van der Waals surface area contributed by atoms with Crippen LogP contribution in [0.5, 0.6) is 0 Å². The summed E-state index contributed by atoms with van der Waals surface area (Å²) in [5.41, 5.74) is 1.73. The molecule has 2 rings (SSSR count). The zero-order chi connectivity index (χ0) is 26.2. The van der Waals surface area contributed by atoms with Crippen molar-refractivity contribution in [2.24, 2.45) is 0 Å². The third-order valence-corrected chi connectivity index (χ3v) is 4.42. The zero-order valence-electron chi connectivity index (χ0n) is 20.1. The molecule has 35 heavy (non-hydrogen) atoms. The third-order valence-electron chi connectivity index (χ3n) is 4.42. The number of hydrogen-bond donors (Lipinski definition) is 3. The summed E-state index contributed by atoms with van der Waals surface area (Å²) in [6, 6.07) is 16.8. The molecular weight excluding hydrogens is 458 g/mol. The van der Waals surface area contributed by atoms with Gasteiger partial charge in [-0.15, -0.1) is 0 Å². The second-order valence-electron chi connectivity index (χ2n) is 7.21. The summed E-state index contributed by atoms with van der Waals surface area (Å²) >= 11 is 0. The van der Waals surface area contributed by atoms with E-state index in [2.05, 4.69) is 10.6 Å². The predicted molar refractivity (Wildman–Crippen MR) is 126 cm³/mol. The van der Waals surface area contributed by atoms with Gasteiger partial charge in [0, 0.05) is 7.05 Å². The maximum atomic E-state index is 11.6. The Morgan fingerprint density at radius 2 is 1.20 bits per heavy atom. The van der Waals surface area contributed by atoms with Crippen LogP contribution in [0.1, 0.15) is 25.0 Å². The monoisotopic (exact) mass is 489 g/mol. The molecule has 2 aromatic carbocycles. The smallest absolute Gasteiger partial charge is 0.408 e. The molecule has 3 amide bonds.